The first-order valence-electron chi connectivity index (χ1n) is 13.6. The number of hydrogen-bond donors (Lipinski definition) is 3. The van der Waals surface area contributed by atoms with E-state index in [1.54, 1.807) is 43.5 Å². The van der Waals surface area contributed by atoms with E-state index >= 15 is 0 Å². The highest BCUT2D eigenvalue weighted by Crippen LogP contribution is 2.36. The van der Waals surface area contributed by atoms with Gasteiger partial charge in [0.1, 0.15) is 23.3 Å². The third kappa shape index (κ3) is 10.2. The van der Waals surface area contributed by atoms with Crippen LogP contribution in [0.4, 0.5) is 5.69 Å². The van der Waals surface area contributed by atoms with Crippen LogP contribution in [0.15, 0.2) is 66.4 Å². The third-order valence-corrected chi connectivity index (χ3v) is 8.90. The number of nitrogens with zero attached hydrogens (tertiary/aromatic N) is 1. The molecular weight excluding hydrogens is 830 g/mol. The summed E-state index contributed by atoms with van der Waals surface area (Å²) in [5, 5.41) is 15.7. The second-order valence-electron chi connectivity index (χ2n) is 9.83. The Balaban J connectivity index is 1.84. The van der Waals surface area contributed by atoms with Gasteiger partial charge >= 0.3 is 0 Å². The maximum atomic E-state index is 13.8. The summed E-state index contributed by atoms with van der Waals surface area (Å²) in [5.74, 6) is 0.624. The zero-order valence-corrected chi connectivity index (χ0v) is 30.7. The number of phenols is 1. The van der Waals surface area contributed by atoms with Crippen molar-refractivity contribution >= 4 is 87.1 Å². The number of aromatic hydroxyl groups is 1. The molecule has 0 saturated heterocycles. The van der Waals surface area contributed by atoms with E-state index in [4.69, 9.17) is 9.47 Å². The van der Waals surface area contributed by atoms with E-state index in [9.17, 15) is 19.5 Å². The predicted molar refractivity (Wildman–Crippen MR) is 185 cm³/mol. The maximum Gasteiger partial charge on any atom is 0.243 e. The van der Waals surface area contributed by atoms with Crippen LogP contribution in [-0.2, 0) is 27.2 Å². The number of hydrogen-bond acceptors (Lipinski definition) is 6. The van der Waals surface area contributed by atoms with Crippen molar-refractivity contribution in [2.45, 2.75) is 39.2 Å². The second-order valence-corrected chi connectivity index (χ2v) is 13.2. The van der Waals surface area contributed by atoms with Gasteiger partial charge in [-0.25, -0.2) is 0 Å². The fraction of sp³-hybridized carbons (Fsp3) is 0.323. The van der Waals surface area contributed by atoms with Gasteiger partial charge in [0, 0.05) is 39.0 Å². The molecule has 13 heteroatoms. The number of amides is 3. The summed E-state index contributed by atoms with van der Waals surface area (Å²) >= 11 is 13.7. The van der Waals surface area contributed by atoms with Crippen LogP contribution >= 0.6 is 63.7 Å². The largest absolute Gasteiger partial charge is 0.506 e. The summed E-state index contributed by atoms with van der Waals surface area (Å²) in [6.07, 6.45) is 1.38. The van der Waals surface area contributed by atoms with Gasteiger partial charge in [-0.2, -0.15) is 0 Å². The molecular formula is C31H33Br4N3O6. The molecule has 0 aliphatic heterocycles. The topological polar surface area (TPSA) is 117 Å². The molecule has 3 N–H and O–H groups in total. The van der Waals surface area contributed by atoms with Crippen LogP contribution in [0, 0.1) is 0 Å². The molecule has 0 aliphatic carbocycles. The molecule has 0 fully saturated rings. The van der Waals surface area contributed by atoms with Gasteiger partial charge in [0.2, 0.25) is 17.7 Å². The van der Waals surface area contributed by atoms with Crippen molar-refractivity contribution in [1.29, 1.82) is 0 Å². The third-order valence-electron chi connectivity index (χ3n) is 6.51. The van der Waals surface area contributed by atoms with Crippen LogP contribution in [-0.4, -0.2) is 55.7 Å². The summed E-state index contributed by atoms with van der Waals surface area (Å²) in [4.78, 5) is 39.4. The fourth-order valence-corrected chi connectivity index (χ4v) is 7.36. The van der Waals surface area contributed by atoms with Crippen LogP contribution in [0.2, 0.25) is 0 Å². The van der Waals surface area contributed by atoms with E-state index < -0.39 is 6.04 Å². The molecule has 0 heterocycles. The van der Waals surface area contributed by atoms with Gasteiger partial charge in [-0.05, 0) is 136 Å². The Kier molecular flexibility index (Phi) is 14.0. The van der Waals surface area contributed by atoms with E-state index in [1.165, 1.54) is 18.7 Å². The number of carbonyl (C=O) groups excluding carboxylic acids is 3. The predicted octanol–water partition coefficient (Wildman–Crippen LogP) is 6.68. The second kappa shape index (κ2) is 17.2. The summed E-state index contributed by atoms with van der Waals surface area (Å²) in [5.41, 5.74) is 2.25. The van der Waals surface area contributed by atoms with E-state index in [2.05, 4.69) is 74.4 Å². The van der Waals surface area contributed by atoms with Gasteiger partial charge < -0.3 is 25.2 Å². The standard InChI is InChI=1S/C31H33Br4N3O6/c1-18(39)36-10-4-12-44-23-7-5-22(6-8-23)38(19(2)40)28(17-21-15-26(34)30(43-3)27(35)16-21)31(42)37-11-9-20-13-24(32)29(41)25(33)14-20/h5-8,13-16,28,41H,4,9-12,17H2,1-3H3,(H,36,39)(H,37,42)/t28-/m0/s1. The summed E-state index contributed by atoms with van der Waals surface area (Å²) in [7, 11) is 1.57. The van der Waals surface area contributed by atoms with Crippen LogP contribution in [0.5, 0.6) is 17.2 Å². The Morgan fingerprint density at radius 1 is 0.864 bits per heavy atom. The number of nitrogens with one attached hydrogen (secondary N) is 2. The lowest BCUT2D eigenvalue weighted by molar-refractivity contribution is -0.125. The van der Waals surface area contributed by atoms with E-state index in [0.717, 1.165) is 11.1 Å². The van der Waals surface area contributed by atoms with Gasteiger partial charge in [0.15, 0.2) is 0 Å². The molecule has 0 spiro atoms. The number of rotatable bonds is 14. The lowest BCUT2D eigenvalue weighted by Gasteiger charge is -2.31. The quantitative estimate of drug-likeness (QED) is 0.156. The Labute approximate surface area is 290 Å². The van der Waals surface area contributed by atoms with Gasteiger partial charge in [-0.3, -0.25) is 19.3 Å². The molecule has 0 bridgehead atoms. The minimum atomic E-state index is -0.873. The Hall–Kier alpha value is -2.61. The summed E-state index contributed by atoms with van der Waals surface area (Å²) in [6.45, 7) is 4.13. The lowest BCUT2D eigenvalue weighted by atomic mass is 10.0. The first-order valence-corrected chi connectivity index (χ1v) is 16.8. The van der Waals surface area contributed by atoms with Crippen molar-refractivity contribution < 1.29 is 29.0 Å². The number of carbonyl (C=O) groups is 3. The minimum Gasteiger partial charge on any atom is -0.506 e. The van der Waals surface area contributed by atoms with E-state index in [-0.39, 0.29) is 29.9 Å². The zero-order chi connectivity index (χ0) is 32.4. The maximum absolute atomic E-state index is 13.8. The van der Waals surface area contributed by atoms with Gasteiger partial charge in [0.05, 0.1) is 31.6 Å². The number of anilines is 1. The van der Waals surface area contributed by atoms with Crippen LogP contribution in [0.25, 0.3) is 0 Å². The number of methoxy groups -OCH3 is 1. The van der Waals surface area contributed by atoms with Crippen molar-refractivity contribution in [3.8, 4) is 17.2 Å². The van der Waals surface area contributed by atoms with E-state index in [0.29, 0.717) is 67.6 Å². The van der Waals surface area contributed by atoms with Crippen molar-refractivity contribution in [3.05, 3.63) is 77.5 Å². The van der Waals surface area contributed by atoms with Gasteiger partial charge in [-0.15, -0.1) is 0 Å². The van der Waals surface area contributed by atoms with Gasteiger partial charge in [0.25, 0.3) is 0 Å². The van der Waals surface area contributed by atoms with E-state index in [1.807, 2.05) is 12.1 Å². The molecule has 0 aliphatic rings. The van der Waals surface area contributed by atoms with Crippen LogP contribution < -0.4 is 25.0 Å². The van der Waals surface area contributed by atoms with Gasteiger partial charge in [-0.1, -0.05) is 0 Å². The molecule has 3 aromatic rings. The number of benzene rings is 3. The average molecular weight is 863 g/mol. The Morgan fingerprint density at radius 2 is 1.45 bits per heavy atom. The Morgan fingerprint density at radius 3 is 2.00 bits per heavy atom. The SMILES string of the molecule is COc1c(Br)cc(C[C@@H](C(=O)NCCc2cc(Br)c(O)c(Br)c2)N(C(C)=O)c2ccc(OCCCNC(C)=O)cc2)cc1Br. The molecule has 0 saturated carbocycles. The highest BCUT2D eigenvalue weighted by Gasteiger charge is 2.30. The first-order chi connectivity index (χ1) is 20.9. The summed E-state index contributed by atoms with van der Waals surface area (Å²) < 4.78 is 13.7. The molecule has 44 heavy (non-hydrogen) atoms. The zero-order valence-electron chi connectivity index (χ0n) is 24.4. The van der Waals surface area contributed by atoms with Crippen LogP contribution in [0.1, 0.15) is 31.4 Å². The highest BCUT2D eigenvalue weighted by atomic mass is 79.9. The normalized spacial score (nSPS) is 11.4. The molecule has 1 atom stereocenters. The molecule has 236 valence electrons. The molecule has 3 amide bonds. The molecule has 0 radical (unpaired) electrons. The number of ether oxygens (including phenoxy) is 2. The minimum absolute atomic E-state index is 0.0897. The van der Waals surface area contributed by atoms with Crippen molar-refractivity contribution in [2.75, 3.05) is 31.7 Å². The molecule has 3 rings (SSSR count). The smallest absolute Gasteiger partial charge is 0.243 e. The lowest BCUT2D eigenvalue weighted by Crippen LogP contribution is -2.51. The number of halogens is 4. The first kappa shape index (κ1) is 35.9. The van der Waals surface area contributed by atoms with Crippen molar-refractivity contribution in [3.63, 3.8) is 0 Å². The van der Waals surface area contributed by atoms with Crippen molar-refractivity contribution in [1.82, 2.24) is 10.6 Å². The van der Waals surface area contributed by atoms with Crippen molar-refractivity contribution in [2.24, 2.45) is 0 Å². The average Bonchev–Trinajstić information content (AvgIpc) is 2.95. The van der Waals surface area contributed by atoms with Crippen LogP contribution in [0.3, 0.4) is 0 Å². The molecule has 0 aromatic heterocycles. The molecule has 9 nitrogen and oxygen atoms in total. The number of phenolic OH excluding ortho intramolecular Hbond substituents is 1. The fourth-order valence-electron chi connectivity index (χ4n) is 4.47. The monoisotopic (exact) mass is 859 g/mol. The molecule has 0 unspecified atom stereocenters. The highest BCUT2D eigenvalue weighted by molar-refractivity contribution is 9.11. The Bertz CT molecular complexity index is 1440. The molecule has 3 aromatic carbocycles. The summed E-state index contributed by atoms with van der Waals surface area (Å²) in [6, 6.07) is 13.4.